The lowest BCUT2D eigenvalue weighted by molar-refractivity contribution is 1.08. The summed E-state index contributed by atoms with van der Waals surface area (Å²) in [6.45, 7) is 2.94. The average Bonchev–Trinajstić information content (AvgIpc) is 2.40. The van der Waals surface area contributed by atoms with Crippen LogP contribution in [0, 0.1) is 6.92 Å². The summed E-state index contributed by atoms with van der Waals surface area (Å²) in [6.07, 6.45) is 2.18. The van der Waals surface area contributed by atoms with E-state index >= 15 is 0 Å². The number of fused-ring (bicyclic) bond motifs is 1. The maximum absolute atomic E-state index is 6.14. The van der Waals surface area contributed by atoms with Gasteiger partial charge in [-0.1, -0.05) is 51.3 Å². The molecule has 1 aliphatic rings. The minimum atomic E-state index is 0.762. The standard InChI is InChI=1S/C16H13BrClN/c1-11-2-5-13(6-3-11)19-9-8-15(17)14-7-4-12(18)10-16(14)19/h2-8,10H,9H2,1H3. The Morgan fingerprint density at radius 1 is 1.11 bits per heavy atom. The first-order valence-electron chi connectivity index (χ1n) is 6.15. The number of hydrogen-bond acceptors (Lipinski definition) is 1. The summed E-state index contributed by atoms with van der Waals surface area (Å²) in [6, 6.07) is 14.6. The molecule has 0 unspecified atom stereocenters. The van der Waals surface area contributed by atoms with Gasteiger partial charge < -0.3 is 4.90 Å². The molecule has 3 heteroatoms. The summed E-state index contributed by atoms with van der Waals surface area (Å²) < 4.78 is 1.13. The molecule has 0 atom stereocenters. The third-order valence-corrected chi connectivity index (χ3v) is 4.29. The molecule has 1 nitrogen and oxygen atoms in total. The van der Waals surface area contributed by atoms with Crippen molar-refractivity contribution in [2.24, 2.45) is 0 Å². The molecule has 0 saturated heterocycles. The quantitative estimate of drug-likeness (QED) is 0.662. The fourth-order valence-electron chi connectivity index (χ4n) is 2.28. The van der Waals surface area contributed by atoms with Gasteiger partial charge in [0.1, 0.15) is 0 Å². The molecule has 1 aliphatic heterocycles. The molecule has 2 aromatic rings. The van der Waals surface area contributed by atoms with Crippen LogP contribution in [0.3, 0.4) is 0 Å². The van der Waals surface area contributed by atoms with Crippen molar-refractivity contribution in [1.29, 1.82) is 0 Å². The van der Waals surface area contributed by atoms with Gasteiger partial charge in [0.25, 0.3) is 0 Å². The van der Waals surface area contributed by atoms with E-state index in [9.17, 15) is 0 Å². The number of aryl methyl sites for hydroxylation is 1. The zero-order valence-electron chi connectivity index (χ0n) is 10.5. The van der Waals surface area contributed by atoms with E-state index in [2.05, 4.69) is 64.2 Å². The van der Waals surface area contributed by atoms with Crippen LogP contribution in [0.25, 0.3) is 4.48 Å². The molecule has 0 aliphatic carbocycles. The molecule has 0 bridgehead atoms. The van der Waals surface area contributed by atoms with E-state index in [1.54, 1.807) is 0 Å². The Hall–Kier alpha value is -1.25. The SMILES string of the molecule is Cc1ccc(N2CC=C(Br)c3ccc(Cl)cc32)cc1. The molecule has 1 heterocycles. The molecular formula is C16H13BrClN. The third kappa shape index (κ3) is 2.43. The molecule has 0 radical (unpaired) electrons. The zero-order valence-corrected chi connectivity index (χ0v) is 12.9. The van der Waals surface area contributed by atoms with Crippen molar-refractivity contribution >= 4 is 43.4 Å². The molecule has 0 spiro atoms. The highest BCUT2D eigenvalue weighted by Gasteiger charge is 2.18. The van der Waals surface area contributed by atoms with Gasteiger partial charge in [-0.15, -0.1) is 0 Å². The van der Waals surface area contributed by atoms with Gasteiger partial charge in [-0.25, -0.2) is 0 Å². The van der Waals surface area contributed by atoms with Crippen molar-refractivity contribution in [3.8, 4) is 0 Å². The van der Waals surface area contributed by atoms with Gasteiger partial charge in [0.2, 0.25) is 0 Å². The van der Waals surface area contributed by atoms with Gasteiger partial charge in [-0.2, -0.15) is 0 Å². The van der Waals surface area contributed by atoms with Gasteiger partial charge in [-0.3, -0.25) is 0 Å². The maximum Gasteiger partial charge on any atom is 0.0513 e. The number of nitrogens with zero attached hydrogens (tertiary/aromatic N) is 1. The predicted octanol–water partition coefficient (Wildman–Crippen LogP) is 5.54. The molecular weight excluding hydrogens is 322 g/mol. The lowest BCUT2D eigenvalue weighted by atomic mass is 10.1. The first-order chi connectivity index (χ1) is 9.15. The third-order valence-electron chi connectivity index (χ3n) is 3.31. The number of rotatable bonds is 1. The number of hydrogen-bond donors (Lipinski definition) is 0. The first kappa shape index (κ1) is 12.8. The Morgan fingerprint density at radius 3 is 2.58 bits per heavy atom. The molecule has 0 saturated carbocycles. The van der Waals surface area contributed by atoms with Crippen LogP contribution in [0.15, 0.2) is 48.5 Å². The van der Waals surface area contributed by atoms with Crippen molar-refractivity contribution in [3.05, 3.63) is 64.7 Å². The smallest absolute Gasteiger partial charge is 0.0513 e. The lowest BCUT2D eigenvalue weighted by Gasteiger charge is -2.30. The van der Waals surface area contributed by atoms with E-state index in [4.69, 9.17) is 11.6 Å². The Labute approximate surface area is 126 Å². The minimum absolute atomic E-state index is 0.762. The molecule has 96 valence electrons. The number of anilines is 2. The highest BCUT2D eigenvalue weighted by Crippen LogP contribution is 2.40. The van der Waals surface area contributed by atoms with Crippen LogP contribution in [0.2, 0.25) is 5.02 Å². The van der Waals surface area contributed by atoms with Crippen molar-refractivity contribution in [1.82, 2.24) is 0 Å². The average molecular weight is 335 g/mol. The molecule has 3 rings (SSSR count). The second kappa shape index (κ2) is 5.03. The Bertz CT molecular complexity index is 646. The normalized spacial score (nSPS) is 14.1. The van der Waals surface area contributed by atoms with Gasteiger partial charge >= 0.3 is 0 Å². The lowest BCUT2D eigenvalue weighted by Crippen LogP contribution is -2.21. The van der Waals surface area contributed by atoms with E-state index in [0.29, 0.717) is 0 Å². The van der Waals surface area contributed by atoms with Crippen LogP contribution in [0.4, 0.5) is 11.4 Å². The van der Waals surface area contributed by atoms with Crippen LogP contribution in [-0.4, -0.2) is 6.54 Å². The summed E-state index contributed by atoms with van der Waals surface area (Å²) in [4.78, 5) is 2.27. The van der Waals surface area contributed by atoms with Gasteiger partial charge in [0.05, 0.1) is 5.69 Å². The molecule has 0 fully saturated rings. The minimum Gasteiger partial charge on any atom is -0.337 e. The highest BCUT2D eigenvalue weighted by atomic mass is 79.9. The molecule has 0 amide bonds. The predicted molar refractivity (Wildman–Crippen MR) is 86.5 cm³/mol. The summed E-state index contributed by atoms with van der Waals surface area (Å²) in [5.74, 6) is 0. The van der Waals surface area contributed by atoms with Crippen molar-refractivity contribution in [2.75, 3.05) is 11.4 Å². The Kier molecular flexibility index (Phi) is 3.38. The number of halogens is 2. The van der Waals surface area contributed by atoms with E-state index < -0.39 is 0 Å². The second-order valence-electron chi connectivity index (χ2n) is 4.66. The highest BCUT2D eigenvalue weighted by molar-refractivity contribution is 9.15. The number of benzene rings is 2. The zero-order chi connectivity index (χ0) is 13.4. The molecule has 2 aromatic carbocycles. The van der Waals surface area contributed by atoms with E-state index in [1.165, 1.54) is 16.8 Å². The van der Waals surface area contributed by atoms with Crippen molar-refractivity contribution < 1.29 is 0 Å². The van der Waals surface area contributed by atoms with Crippen molar-refractivity contribution in [3.63, 3.8) is 0 Å². The first-order valence-corrected chi connectivity index (χ1v) is 7.32. The molecule has 19 heavy (non-hydrogen) atoms. The summed E-state index contributed by atoms with van der Waals surface area (Å²) in [5, 5.41) is 0.762. The van der Waals surface area contributed by atoms with Crippen molar-refractivity contribution in [2.45, 2.75) is 6.92 Å². The van der Waals surface area contributed by atoms with E-state index in [-0.39, 0.29) is 0 Å². The summed E-state index contributed by atoms with van der Waals surface area (Å²) in [5.41, 5.74) is 4.77. The van der Waals surface area contributed by atoms with E-state index in [0.717, 1.165) is 21.7 Å². The molecule has 0 aromatic heterocycles. The van der Waals surface area contributed by atoms with Crippen LogP contribution >= 0.6 is 27.5 Å². The monoisotopic (exact) mass is 333 g/mol. The van der Waals surface area contributed by atoms with Crippen LogP contribution in [-0.2, 0) is 0 Å². The van der Waals surface area contributed by atoms with Gasteiger partial charge in [-0.05, 0) is 37.3 Å². The summed E-state index contributed by atoms with van der Waals surface area (Å²) in [7, 11) is 0. The topological polar surface area (TPSA) is 3.24 Å². The second-order valence-corrected chi connectivity index (χ2v) is 5.95. The molecule has 0 N–H and O–H groups in total. The summed E-state index contributed by atoms with van der Waals surface area (Å²) >= 11 is 9.76. The maximum atomic E-state index is 6.14. The fraction of sp³-hybridized carbons (Fsp3) is 0.125. The Balaban J connectivity index is 2.11. The Morgan fingerprint density at radius 2 is 1.84 bits per heavy atom. The van der Waals surface area contributed by atoms with Gasteiger partial charge in [0.15, 0.2) is 0 Å². The largest absolute Gasteiger partial charge is 0.337 e. The van der Waals surface area contributed by atoms with Crippen LogP contribution in [0.5, 0.6) is 0 Å². The fourth-order valence-corrected chi connectivity index (χ4v) is 2.93. The van der Waals surface area contributed by atoms with Gasteiger partial charge in [0, 0.05) is 27.3 Å². The van der Waals surface area contributed by atoms with E-state index in [1.807, 2.05) is 12.1 Å². The van der Waals surface area contributed by atoms with Crippen LogP contribution in [0.1, 0.15) is 11.1 Å². The van der Waals surface area contributed by atoms with Crippen LogP contribution < -0.4 is 4.90 Å².